The second kappa shape index (κ2) is 6.70. The van der Waals surface area contributed by atoms with Gasteiger partial charge in [-0.1, -0.05) is 0 Å². The minimum Gasteiger partial charge on any atom is -0.494 e. The van der Waals surface area contributed by atoms with E-state index in [1.54, 1.807) is 6.21 Å². The fraction of sp³-hybridized carbons (Fsp3) is 0.600. The van der Waals surface area contributed by atoms with Crippen molar-refractivity contribution in [2.75, 3.05) is 6.61 Å². The van der Waals surface area contributed by atoms with Gasteiger partial charge in [0.2, 0.25) is 0 Å². The summed E-state index contributed by atoms with van der Waals surface area (Å²) in [6.07, 6.45) is 9.23. The van der Waals surface area contributed by atoms with Crippen LogP contribution < -0.4 is 15.5 Å². The molecular formula is C20H27N3O2. The van der Waals surface area contributed by atoms with Crippen molar-refractivity contribution >= 4 is 12.2 Å². The highest BCUT2D eigenvalue weighted by Crippen LogP contribution is 2.55. The number of ether oxygens (including phenoxy) is 1. The van der Waals surface area contributed by atoms with Gasteiger partial charge in [-0.15, -0.1) is 0 Å². The van der Waals surface area contributed by atoms with Gasteiger partial charge in [-0.05, 0) is 93.0 Å². The third-order valence-electron chi connectivity index (χ3n) is 5.99. The molecule has 4 saturated carbocycles. The molecule has 0 saturated heterocycles. The largest absolute Gasteiger partial charge is 0.494 e. The van der Waals surface area contributed by atoms with Gasteiger partial charge < -0.3 is 10.1 Å². The van der Waals surface area contributed by atoms with Crippen LogP contribution in [-0.2, 0) is 0 Å². The van der Waals surface area contributed by atoms with Gasteiger partial charge >= 0.3 is 6.03 Å². The van der Waals surface area contributed by atoms with Crippen LogP contribution in [0.2, 0.25) is 0 Å². The van der Waals surface area contributed by atoms with Gasteiger partial charge in [0.15, 0.2) is 0 Å². The molecule has 4 aliphatic rings. The zero-order valence-electron chi connectivity index (χ0n) is 14.8. The highest BCUT2D eigenvalue weighted by Gasteiger charge is 2.51. The van der Waals surface area contributed by atoms with Crippen LogP contribution in [0.5, 0.6) is 5.75 Å². The van der Waals surface area contributed by atoms with E-state index in [0.29, 0.717) is 6.61 Å². The number of benzene rings is 1. The summed E-state index contributed by atoms with van der Waals surface area (Å²) in [6.45, 7) is 2.61. The number of carbonyl (C=O) groups is 1. The normalized spacial score (nSPS) is 32.8. The van der Waals surface area contributed by atoms with Crippen molar-refractivity contribution in [3.05, 3.63) is 29.8 Å². The molecule has 4 aliphatic carbocycles. The van der Waals surface area contributed by atoms with Crippen molar-refractivity contribution < 1.29 is 9.53 Å². The van der Waals surface area contributed by atoms with Crippen molar-refractivity contribution in [3.8, 4) is 5.75 Å². The van der Waals surface area contributed by atoms with Crippen LogP contribution >= 0.6 is 0 Å². The number of hydrogen-bond donors (Lipinski definition) is 2. The Balaban J connectivity index is 1.30. The van der Waals surface area contributed by atoms with Gasteiger partial charge in [-0.3, -0.25) is 0 Å². The van der Waals surface area contributed by atoms with Gasteiger partial charge in [0.05, 0.1) is 12.8 Å². The molecule has 5 rings (SSSR count). The lowest BCUT2D eigenvalue weighted by molar-refractivity contribution is -0.0135. The molecule has 5 nitrogen and oxygen atoms in total. The Morgan fingerprint density at radius 3 is 2.32 bits per heavy atom. The van der Waals surface area contributed by atoms with Crippen LogP contribution in [0, 0.1) is 17.8 Å². The molecule has 0 aromatic heterocycles. The molecule has 4 bridgehead atoms. The average Bonchev–Trinajstić information content (AvgIpc) is 2.55. The summed E-state index contributed by atoms with van der Waals surface area (Å²) in [6, 6.07) is 7.48. The molecule has 0 radical (unpaired) electrons. The number of nitrogens with zero attached hydrogens (tertiary/aromatic N) is 1. The minimum absolute atomic E-state index is 0.0213. The molecule has 2 amide bonds. The van der Waals surface area contributed by atoms with E-state index in [-0.39, 0.29) is 11.6 Å². The number of rotatable bonds is 5. The van der Waals surface area contributed by atoms with E-state index < -0.39 is 0 Å². The standard InChI is InChI=1S/C20H27N3O2/c1-2-25-18-5-3-14(4-6-18)13-21-23-19(24)22-20-10-15-7-16(11-20)9-17(8-15)12-20/h3-6,13,15-17H,2,7-12H2,1H3,(H2,22,23,24)/b21-13+. The van der Waals surface area contributed by atoms with Crippen LogP contribution in [0.3, 0.4) is 0 Å². The average molecular weight is 341 g/mol. The number of nitrogens with one attached hydrogen (secondary N) is 2. The second-order valence-corrected chi connectivity index (χ2v) is 8.02. The number of amides is 2. The molecule has 0 heterocycles. The van der Waals surface area contributed by atoms with E-state index in [4.69, 9.17) is 4.74 Å². The van der Waals surface area contributed by atoms with Crippen LogP contribution in [0.25, 0.3) is 0 Å². The molecule has 0 atom stereocenters. The fourth-order valence-corrected chi connectivity index (χ4v) is 5.51. The lowest BCUT2D eigenvalue weighted by Crippen LogP contribution is -2.61. The Labute approximate surface area is 149 Å². The Hall–Kier alpha value is -2.04. The van der Waals surface area contributed by atoms with Crippen LogP contribution in [0.4, 0.5) is 4.79 Å². The molecule has 0 unspecified atom stereocenters. The molecule has 0 spiro atoms. The first-order chi connectivity index (χ1) is 12.1. The molecule has 1 aromatic rings. The molecule has 2 N–H and O–H groups in total. The van der Waals surface area contributed by atoms with Gasteiger partial charge in [-0.2, -0.15) is 5.10 Å². The van der Waals surface area contributed by atoms with E-state index in [0.717, 1.165) is 48.3 Å². The number of urea groups is 1. The molecule has 1 aromatic carbocycles. The summed E-state index contributed by atoms with van der Waals surface area (Å²) in [5, 5.41) is 7.34. The van der Waals surface area contributed by atoms with Gasteiger partial charge in [-0.25, -0.2) is 10.2 Å². The Morgan fingerprint density at radius 1 is 1.16 bits per heavy atom. The van der Waals surface area contributed by atoms with E-state index >= 15 is 0 Å². The zero-order valence-corrected chi connectivity index (χ0v) is 14.8. The van der Waals surface area contributed by atoms with Crippen molar-refractivity contribution in [3.63, 3.8) is 0 Å². The fourth-order valence-electron chi connectivity index (χ4n) is 5.51. The molecule has 5 heteroatoms. The first kappa shape index (κ1) is 16.4. The monoisotopic (exact) mass is 341 g/mol. The van der Waals surface area contributed by atoms with Crippen LogP contribution in [0.15, 0.2) is 29.4 Å². The van der Waals surface area contributed by atoms with Crippen LogP contribution in [0.1, 0.15) is 51.0 Å². The van der Waals surface area contributed by atoms with E-state index in [1.807, 2.05) is 31.2 Å². The summed E-state index contributed by atoms with van der Waals surface area (Å²) < 4.78 is 5.41. The van der Waals surface area contributed by atoms with E-state index in [9.17, 15) is 4.79 Å². The van der Waals surface area contributed by atoms with Gasteiger partial charge in [0.25, 0.3) is 0 Å². The number of carbonyl (C=O) groups excluding carboxylic acids is 1. The quantitative estimate of drug-likeness (QED) is 0.634. The van der Waals surface area contributed by atoms with E-state index in [2.05, 4.69) is 15.8 Å². The first-order valence-corrected chi connectivity index (χ1v) is 9.48. The Kier molecular flexibility index (Phi) is 4.40. The maximum absolute atomic E-state index is 12.3. The predicted octanol–water partition coefficient (Wildman–Crippen LogP) is 3.69. The van der Waals surface area contributed by atoms with Gasteiger partial charge in [0, 0.05) is 5.54 Å². The molecule has 25 heavy (non-hydrogen) atoms. The molecular weight excluding hydrogens is 314 g/mol. The summed E-state index contributed by atoms with van der Waals surface area (Å²) in [7, 11) is 0. The highest BCUT2D eigenvalue weighted by molar-refractivity contribution is 5.82. The molecule has 0 aliphatic heterocycles. The summed E-state index contributed by atoms with van der Waals surface area (Å²) >= 11 is 0. The lowest BCUT2D eigenvalue weighted by atomic mass is 9.53. The van der Waals surface area contributed by atoms with Crippen LogP contribution in [-0.4, -0.2) is 24.4 Å². The van der Waals surface area contributed by atoms with Crippen molar-refractivity contribution in [1.29, 1.82) is 0 Å². The molecule has 4 fully saturated rings. The SMILES string of the molecule is CCOc1ccc(/C=N/NC(=O)NC23CC4CC(CC(C4)C2)C3)cc1. The predicted molar refractivity (Wildman–Crippen MR) is 97.8 cm³/mol. The highest BCUT2D eigenvalue weighted by atomic mass is 16.5. The third-order valence-corrected chi connectivity index (χ3v) is 5.99. The topological polar surface area (TPSA) is 62.7 Å². The lowest BCUT2D eigenvalue weighted by Gasteiger charge is -2.56. The van der Waals surface area contributed by atoms with E-state index in [1.165, 1.54) is 19.3 Å². The summed E-state index contributed by atoms with van der Waals surface area (Å²) in [5.74, 6) is 3.30. The van der Waals surface area contributed by atoms with Gasteiger partial charge in [0.1, 0.15) is 5.75 Å². The maximum atomic E-state index is 12.3. The Bertz CT molecular complexity index is 618. The number of hydrazone groups is 1. The molecule has 134 valence electrons. The smallest absolute Gasteiger partial charge is 0.335 e. The van der Waals surface area contributed by atoms with Crippen molar-refractivity contribution in [2.45, 2.75) is 51.0 Å². The maximum Gasteiger partial charge on any atom is 0.335 e. The van der Waals surface area contributed by atoms with Crippen molar-refractivity contribution in [2.24, 2.45) is 22.9 Å². The first-order valence-electron chi connectivity index (χ1n) is 9.48. The summed E-state index contributed by atoms with van der Waals surface area (Å²) in [5.41, 5.74) is 3.58. The number of hydrogen-bond acceptors (Lipinski definition) is 3. The summed E-state index contributed by atoms with van der Waals surface area (Å²) in [4.78, 5) is 12.3. The third kappa shape index (κ3) is 3.65. The minimum atomic E-state index is -0.177. The Morgan fingerprint density at radius 2 is 1.76 bits per heavy atom. The second-order valence-electron chi connectivity index (χ2n) is 8.02. The zero-order chi connectivity index (χ0) is 17.3. The van der Waals surface area contributed by atoms with Crippen molar-refractivity contribution in [1.82, 2.24) is 10.7 Å².